The van der Waals surface area contributed by atoms with Crippen molar-refractivity contribution in [2.45, 2.75) is 53.0 Å². The quantitative estimate of drug-likeness (QED) is 0.633. The molecule has 122 valence electrons. The highest BCUT2D eigenvalue weighted by atomic mass is 32.1. The van der Waals surface area contributed by atoms with E-state index in [1.165, 1.54) is 15.7 Å². The summed E-state index contributed by atoms with van der Waals surface area (Å²) in [6.45, 7) is 13.6. The summed E-state index contributed by atoms with van der Waals surface area (Å²) in [5.41, 5.74) is 1.27. The maximum Gasteiger partial charge on any atom is 0.185 e. The monoisotopic (exact) mass is 313 g/mol. The largest absolute Gasteiger partial charge is 0.383 e. The van der Waals surface area contributed by atoms with E-state index < -0.39 is 0 Å². The molecule has 0 aliphatic carbocycles. The molecule has 4 nitrogen and oxygen atoms in total. The Morgan fingerprint density at radius 3 is 2.67 bits per heavy atom. The lowest BCUT2D eigenvalue weighted by atomic mass is 10.0. The van der Waals surface area contributed by atoms with Crippen molar-refractivity contribution >= 4 is 16.5 Å². The van der Waals surface area contributed by atoms with Crippen molar-refractivity contribution in [2.75, 3.05) is 38.3 Å². The average Bonchev–Trinajstić information content (AvgIpc) is 2.92. The van der Waals surface area contributed by atoms with Crippen LogP contribution in [0.3, 0.4) is 0 Å². The SMILES string of the molecule is CCCN(CC)c1nc(C(C)CC)c(CNCCOC)s1. The first-order valence-corrected chi connectivity index (χ1v) is 8.93. The van der Waals surface area contributed by atoms with Crippen LogP contribution in [0.15, 0.2) is 0 Å². The molecular weight excluding hydrogens is 282 g/mol. The van der Waals surface area contributed by atoms with Crippen LogP contribution in [0, 0.1) is 0 Å². The number of ether oxygens (including phenoxy) is 1. The van der Waals surface area contributed by atoms with E-state index >= 15 is 0 Å². The second-order valence-corrected chi connectivity index (χ2v) is 6.43. The Hall–Kier alpha value is -0.650. The summed E-state index contributed by atoms with van der Waals surface area (Å²) in [5.74, 6) is 0.523. The lowest BCUT2D eigenvalue weighted by Gasteiger charge is -2.18. The number of thiazole rings is 1. The molecule has 1 unspecified atom stereocenters. The zero-order valence-electron chi connectivity index (χ0n) is 14.2. The highest BCUT2D eigenvalue weighted by molar-refractivity contribution is 7.15. The zero-order chi connectivity index (χ0) is 15.7. The average molecular weight is 314 g/mol. The van der Waals surface area contributed by atoms with Crippen molar-refractivity contribution in [1.82, 2.24) is 10.3 Å². The van der Waals surface area contributed by atoms with Gasteiger partial charge in [-0.05, 0) is 25.7 Å². The van der Waals surface area contributed by atoms with Gasteiger partial charge in [-0.25, -0.2) is 4.98 Å². The molecule has 5 heteroatoms. The molecule has 21 heavy (non-hydrogen) atoms. The Balaban J connectivity index is 2.84. The smallest absolute Gasteiger partial charge is 0.185 e. The number of methoxy groups -OCH3 is 1. The minimum absolute atomic E-state index is 0.523. The topological polar surface area (TPSA) is 37.4 Å². The highest BCUT2D eigenvalue weighted by Crippen LogP contribution is 2.32. The number of anilines is 1. The fraction of sp³-hybridized carbons (Fsp3) is 0.812. The summed E-state index contributed by atoms with van der Waals surface area (Å²) in [6.07, 6.45) is 2.29. The number of hydrogen-bond donors (Lipinski definition) is 1. The third-order valence-electron chi connectivity index (χ3n) is 3.71. The Morgan fingerprint density at radius 2 is 2.10 bits per heavy atom. The van der Waals surface area contributed by atoms with Gasteiger partial charge >= 0.3 is 0 Å². The molecule has 0 spiro atoms. The Morgan fingerprint density at radius 1 is 1.33 bits per heavy atom. The van der Waals surface area contributed by atoms with Gasteiger partial charge in [0.1, 0.15) is 0 Å². The summed E-state index contributed by atoms with van der Waals surface area (Å²) in [6, 6.07) is 0. The van der Waals surface area contributed by atoms with Gasteiger partial charge in [-0.2, -0.15) is 0 Å². The van der Waals surface area contributed by atoms with Crippen LogP contribution in [0.1, 0.15) is 57.0 Å². The van der Waals surface area contributed by atoms with Gasteiger partial charge in [0, 0.05) is 38.2 Å². The molecule has 1 rings (SSSR count). The molecule has 1 N–H and O–H groups in total. The van der Waals surface area contributed by atoms with E-state index in [2.05, 4.69) is 37.9 Å². The first kappa shape index (κ1) is 18.4. The van der Waals surface area contributed by atoms with E-state index in [0.717, 1.165) is 45.6 Å². The van der Waals surface area contributed by atoms with Crippen molar-refractivity contribution in [3.05, 3.63) is 10.6 Å². The molecule has 0 aliphatic rings. The van der Waals surface area contributed by atoms with Crippen LogP contribution in [-0.2, 0) is 11.3 Å². The summed E-state index contributed by atoms with van der Waals surface area (Å²) >= 11 is 1.85. The number of aromatic nitrogens is 1. The van der Waals surface area contributed by atoms with E-state index in [4.69, 9.17) is 9.72 Å². The summed E-state index contributed by atoms with van der Waals surface area (Å²) in [4.78, 5) is 8.71. The lowest BCUT2D eigenvalue weighted by molar-refractivity contribution is 0.199. The van der Waals surface area contributed by atoms with Gasteiger partial charge in [0.05, 0.1) is 12.3 Å². The second kappa shape index (κ2) is 10.1. The first-order valence-electron chi connectivity index (χ1n) is 8.11. The normalized spacial score (nSPS) is 12.6. The van der Waals surface area contributed by atoms with E-state index in [0.29, 0.717) is 5.92 Å². The van der Waals surface area contributed by atoms with Crippen LogP contribution in [0.4, 0.5) is 5.13 Å². The molecule has 1 atom stereocenters. The number of nitrogens with one attached hydrogen (secondary N) is 1. The predicted octanol–water partition coefficient (Wildman–Crippen LogP) is 3.63. The van der Waals surface area contributed by atoms with Crippen LogP contribution >= 0.6 is 11.3 Å². The predicted molar refractivity (Wildman–Crippen MR) is 92.6 cm³/mol. The molecule has 0 aromatic carbocycles. The fourth-order valence-electron chi connectivity index (χ4n) is 2.23. The molecule has 0 aliphatic heterocycles. The van der Waals surface area contributed by atoms with Gasteiger partial charge in [0.15, 0.2) is 5.13 Å². The van der Waals surface area contributed by atoms with Crippen LogP contribution < -0.4 is 10.2 Å². The van der Waals surface area contributed by atoms with Gasteiger partial charge in [-0.1, -0.05) is 20.8 Å². The molecule has 0 bridgehead atoms. The van der Waals surface area contributed by atoms with Gasteiger partial charge < -0.3 is 15.0 Å². The Kier molecular flexibility index (Phi) is 8.88. The fourth-order valence-corrected chi connectivity index (χ4v) is 3.47. The van der Waals surface area contributed by atoms with Crippen LogP contribution in [-0.4, -0.2) is 38.3 Å². The third kappa shape index (κ3) is 5.57. The Labute approximate surface area is 133 Å². The molecule has 0 amide bonds. The summed E-state index contributed by atoms with van der Waals surface area (Å²) in [7, 11) is 1.74. The standard InChI is InChI=1S/C16H31N3OS/c1-6-10-19(8-3)16-18-15(13(4)7-2)14(21-16)12-17-9-11-20-5/h13,17H,6-12H2,1-5H3. The lowest BCUT2D eigenvalue weighted by Crippen LogP contribution is -2.23. The van der Waals surface area contributed by atoms with Crippen LogP contribution in [0.25, 0.3) is 0 Å². The van der Waals surface area contributed by atoms with Gasteiger partial charge in [-0.15, -0.1) is 11.3 Å². The number of rotatable bonds is 11. The van der Waals surface area contributed by atoms with Crippen molar-refractivity contribution in [3.8, 4) is 0 Å². The Bertz CT molecular complexity index is 395. The van der Waals surface area contributed by atoms with E-state index in [1.54, 1.807) is 7.11 Å². The maximum absolute atomic E-state index is 5.09. The summed E-state index contributed by atoms with van der Waals surface area (Å²) in [5, 5.41) is 4.63. The zero-order valence-corrected chi connectivity index (χ0v) is 15.1. The summed E-state index contributed by atoms with van der Waals surface area (Å²) < 4.78 is 5.09. The first-order chi connectivity index (χ1) is 10.2. The van der Waals surface area contributed by atoms with Crippen molar-refractivity contribution in [1.29, 1.82) is 0 Å². The molecular formula is C16H31N3OS. The number of hydrogen-bond acceptors (Lipinski definition) is 5. The molecule has 1 heterocycles. The molecule has 0 saturated carbocycles. The van der Waals surface area contributed by atoms with Crippen LogP contribution in [0.5, 0.6) is 0 Å². The van der Waals surface area contributed by atoms with Crippen molar-refractivity contribution in [3.63, 3.8) is 0 Å². The third-order valence-corrected chi connectivity index (χ3v) is 4.84. The minimum atomic E-state index is 0.523. The van der Waals surface area contributed by atoms with Gasteiger partial charge in [0.2, 0.25) is 0 Å². The number of nitrogens with zero attached hydrogens (tertiary/aromatic N) is 2. The van der Waals surface area contributed by atoms with E-state index in [9.17, 15) is 0 Å². The van der Waals surface area contributed by atoms with Gasteiger partial charge in [0.25, 0.3) is 0 Å². The van der Waals surface area contributed by atoms with E-state index in [1.807, 2.05) is 11.3 Å². The van der Waals surface area contributed by atoms with Crippen LogP contribution in [0.2, 0.25) is 0 Å². The van der Waals surface area contributed by atoms with Crippen molar-refractivity contribution in [2.24, 2.45) is 0 Å². The molecule has 0 radical (unpaired) electrons. The molecule has 0 saturated heterocycles. The highest BCUT2D eigenvalue weighted by Gasteiger charge is 2.18. The second-order valence-electron chi connectivity index (χ2n) is 5.36. The maximum atomic E-state index is 5.09. The molecule has 1 aromatic rings. The van der Waals surface area contributed by atoms with Crippen molar-refractivity contribution < 1.29 is 4.74 Å². The minimum Gasteiger partial charge on any atom is -0.383 e. The molecule has 0 fully saturated rings. The molecule has 1 aromatic heterocycles. The van der Waals surface area contributed by atoms with Gasteiger partial charge in [-0.3, -0.25) is 0 Å². The van der Waals surface area contributed by atoms with E-state index in [-0.39, 0.29) is 0 Å².